The quantitative estimate of drug-likeness (QED) is 0.317. The Balaban J connectivity index is 0.000000166. The van der Waals surface area contributed by atoms with Gasteiger partial charge in [-0.05, 0) is 47.2 Å². The first-order valence-corrected chi connectivity index (χ1v) is 11.1. The van der Waals surface area contributed by atoms with Crippen LogP contribution in [-0.2, 0) is 19.3 Å². The van der Waals surface area contributed by atoms with E-state index < -0.39 is 0 Å². The first kappa shape index (κ1) is 19.8. The number of nitrogens with zero attached hydrogens (tertiary/aromatic N) is 2. The standard InChI is InChI=1S/C13H16N2S.C11H14/c1-3-5-12-14-15-13(16-12)11-8-6-10(4-2)7-9-11;1-2-3-4-5-9-8-10-6-7-11(9)10/h6-9H,3-5H2,1-2H3;6-8H,2-5H2,1H3. The van der Waals surface area contributed by atoms with Crippen LogP contribution in [0.5, 0.6) is 0 Å². The summed E-state index contributed by atoms with van der Waals surface area (Å²) in [5, 5.41) is 13.6. The Morgan fingerprint density at radius 1 is 0.815 bits per heavy atom. The van der Waals surface area contributed by atoms with Crippen LogP contribution < -0.4 is 0 Å². The van der Waals surface area contributed by atoms with Gasteiger partial charge in [0.05, 0.1) is 0 Å². The lowest BCUT2D eigenvalue weighted by atomic mass is 9.95. The molecule has 0 unspecified atom stereocenters. The highest BCUT2D eigenvalue weighted by Gasteiger charge is 2.06. The molecule has 0 saturated heterocycles. The molecular weight excluding hydrogens is 348 g/mol. The van der Waals surface area contributed by atoms with E-state index in [4.69, 9.17) is 0 Å². The molecule has 3 heteroatoms. The fourth-order valence-electron chi connectivity index (χ4n) is 3.21. The summed E-state index contributed by atoms with van der Waals surface area (Å²) in [6.45, 7) is 6.58. The van der Waals surface area contributed by atoms with Crippen molar-refractivity contribution >= 4 is 11.3 Å². The molecule has 2 nitrogen and oxygen atoms in total. The lowest BCUT2D eigenvalue weighted by Gasteiger charge is -2.10. The average Bonchev–Trinajstić information content (AvgIpc) is 3.15. The van der Waals surface area contributed by atoms with E-state index >= 15 is 0 Å². The van der Waals surface area contributed by atoms with Crippen molar-refractivity contribution in [2.24, 2.45) is 0 Å². The molecule has 0 saturated carbocycles. The van der Waals surface area contributed by atoms with Crippen LogP contribution in [0, 0.1) is 10.4 Å². The molecule has 0 aliphatic heterocycles. The first-order chi connectivity index (χ1) is 13.2. The second-order valence-electron chi connectivity index (χ2n) is 7.13. The maximum Gasteiger partial charge on any atom is 0.147 e. The van der Waals surface area contributed by atoms with Crippen molar-refractivity contribution in [2.75, 3.05) is 0 Å². The zero-order chi connectivity index (χ0) is 19.1. The Kier molecular flexibility index (Phi) is 7.17. The Morgan fingerprint density at radius 2 is 1.63 bits per heavy atom. The third-order valence-electron chi connectivity index (χ3n) is 5.01. The predicted molar refractivity (Wildman–Crippen MR) is 116 cm³/mol. The summed E-state index contributed by atoms with van der Waals surface area (Å²) in [6.07, 6.45) is 8.62. The van der Waals surface area contributed by atoms with Gasteiger partial charge in [-0.2, -0.15) is 0 Å². The van der Waals surface area contributed by atoms with Gasteiger partial charge in [-0.3, -0.25) is 0 Å². The maximum absolute atomic E-state index is 4.23. The van der Waals surface area contributed by atoms with Gasteiger partial charge in [0.1, 0.15) is 10.0 Å². The van der Waals surface area contributed by atoms with Gasteiger partial charge < -0.3 is 0 Å². The van der Waals surface area contributed by atoms with E-state index in [2.05, 4.69) is 73.4 Å². The van der Waals surface area contributed by atoms with Crippen molar-refractivity contribution in [3.05, 3.63) is 69.0 Å². The Morgan fingerprint density at radius 3 is 2.19 bits per heavy atom. The summed E-state index contributed by atoms with van der Waals surface area (Å²) in [4.78, 5) is 0. The summed E-state index contributed by atoms with van der Waals surface area (Å²) < 4.78 is 0. The number of hydrogen-bond donors (Lipinski definition) is 0. The molecule has 0 radical (unpaired) electrons. The lowest BCUT2D eigenvalue weighted by molar-refractivity contribution is 0.712. The van der Waals surface area contributed by atoms with E-state index in [1.807, 2.05) is 0 Å². The average molecular weight is 379 g/mol. The van der Waals surface area contributed by atoms with Crippen molar-refractivity contribution < 1.29 is 0 Å². The van der Waals surface area contributed by atoms with Crippen LogP contribution in [-0.4, -0.2) is 10.2 Å². The normalized spacial score (nSPS) is 11.1. The summed E-state index contributed by atoms with van der Waals surface area (Å²) >= 11 is 1.70. The van der Waals surface area contributed by atoms with Crippen LogP contribution in [0.4, 0.5) is 0 Å². The summed E-state index contributed by atoms with van der Waals surface area (Å²) in [5.41, 5.74) is 4.13. The van der Waals surface area contributed by atoms with Gasteiger partial charge in [-0.25, -0.2) is 0 Å². The van der Waals surface area contributed by atoms with E-state index in [0.29, 0.717) is 0 Å². The molecule has 0 N–H and O–H groups in total. The highest BCUT2D eigenvalue weighted by atomic mass is 32.1. The third-order valence-corrected chi connectivity index (χ3v) is 6.04. The van der Waals surface area contributed by atoms with E-state index in [1.54, 1.807) is 22.1 Å². The van der Waals surface area contributed by atoms with Crippen molar-refractivity contribution in [3.8, 4) is 10.6 Å². The van der Waals surface area contributed by atoms with E-state index in [1.165, 1.54) is 42.0 Å². The Bertz CT molecular complexity index is 941. The van der Waals surface area contributed by atoms with Crippen LogP contribution in [0.3, 0.4) is 0 Å². The number of aryl methyl sites for hydroxylation is 3. The predicted octanol–water partition coefficient (Wildman–Crippen LogP) is 6.74. The second kappa shape index (κ2) is 9.80. The summed E-state index contributed by atoms with van der Waals surface area (Å²) in [6, 6.07) is 15.3. The van der Waals surface area contributed by atoms with Gasteiger partial charge in [0, 0.05) is 12.0 Å². The van der Waals surface area contributed by atoms with Crippen molar-refractivity contribution in [3.63, 3.8) is 0 Å². The monoisotopic (exact) mass is 378 g/mol. The molecule has 0 spiro atoms. The lowest BCUT2D eigenvalue weighted by Crippen LogP contribution is -1.96. The molecule has 1 aromatic carbocycles. The van der Waals surface area contributed by atoms with E-state index in [-0.39, 0.29) is 0 Å². The fourth-order valence-corrected chi connectivity index (χ4v) is 4.16. The molecule has 0 bridgehead atoms. The topological polar surface area (TPSA) is 25.8 Å². The third kappa shape index (κ3) is 5.04. The zero-order valence-corrected chi connectivity index (χ0v) is 17.6. The summed E-state index contributed by atoms with van der Waals surface area (Å²) in [7, 11) is 0. The minimum Gasteiger partial charge on any atom is -0.143 e. The minimum absolute atomic E-state index is 1.03. The van der Waals surface area contributed by atoms with E-state index in [0.717, 1.165) is 29.3 Å². The zero-order valence-electron chi connectivity index (χ0n) is 16.8. The molecule has 142 valence electrons. The van der Waals surface area contributed by atoms with Gasteiger partial charge in [-0.1, -0.05) is 87.4 Å². The van der Waals surface area contributed by atoms with E-state index in [9.17, 15) is 0 Å². The fraction of sp³-hybridized carbons (Fsp3) is 0.417. The maximum atomic E-state index is 4.23. The molecule has 1 heterocycles. The van der Waals surface area contributed by atoms with Gasteiger partial charge in [0.25, 0.3) is 0 Å². The Labute approximate surface area is 167 Å². The number of rotatable bonds is 8. The largest absolute Gasteiger partial charge is 0.147 e. The second-order valence-corrected chi connectivity index (χ2v) is 8.19. The molecule has 0 fully saturated rings. The van der Waals surface area contributed by atoms with Crippen molar-refractivity contribution in [1.82, 2.24) is 10.2 Å². The minimum atomic E-state index is 1.03. The number of hydrogen-bond acceptors (Lipinski definition) is 3. The molecule has 0 atom stereocenters. The van der Waals surface area contributed by atoms with Crippen molar-refractivity contribution in [2.45, 2.75) is 65.7 Å². The molecule has 2 aliphatic carbocycles. The molecule has 1 aromatic heterocycles. The molecule has 2 aromatic rings. The summed E-state index contributed by atoms with van der Waals surface area (Å²) in [5.74, 6) is 0. The van der Waals surface area contributed by atoms with Gasteiger partial charge in [0.15, 0.2) is 0 Å². The van der Waals surface area contributed by atoms with Crippen LogP contribution in [0.25, 0.3) is 10.6 Å². The molecule has 4 rings (SSSR count). The molecule has 27 heavy (non-hydrogen) atoms. The number of benzene rings is 2. The highest BCUT2D eigenvalue weighted by molar-refractivity contribution is 7.14. The van der Waals surface area contributed by atoms with Crippen LogP contribution >= 0.6 is 11.3 Å². The van der Waals surface area contributed by atoms with Gasteiger partial charge in [0.2, 0.25) is 0 Å². The molecule has 2 aliphatic rings. The molecule has 0 amide bonds. The smallest absolute Gasteiger partial charge is 0.143 e. The highest BCUT2D eigenvalue weighted by Crippen LogP contribution is 2.24. The number of aromatic nitrogens is 2. The van der Waals surface area contributed by atoms with Gasteiger partial charge in [-0.15, -0.1) is 10.2 Å². The number of unbranched alkanes of at least 4 members (excludes halogenated alkanes) is 2. The first-order valence-electron chi connectivity index (χ1n) is 10.3. The molecular formula is C24H30N2S. The van der Waals surface area contributed by atoms with Crippen LogP contribution in [0.2, 0.25) is 0 Å². The van der Waals surface area contributed by atoms with Crippen LogP contribution in [0.15, 0.2) is 42.5 Å². The van der Waals surface area contributed by atoms with Crippen molar-refractivity contribution in [1.29, 1.82) is 0 Å². The Hall–Kier alpha value is -2.00. The van der Waals surface area contributed by atoms with Gasteiger partial charge >= 0.3 is 0 Å². The SMILES string of the molecule is CCCCCc1cc2ccc1=2.CCCc1nnc(-c2ccc(CC)cc2)s1. The van der Waals surface area contributed by atoms with Crippen LogP contribution in [0.1, 0.15) is 62.6 Å².